The molecule has 0 radical (unpaired) electrons. The van der Waals surface area contributed by atoms with Crippen LogP contribution in [-0.4, -0.2) is 77.1 Å². The van der Waals surface area contributed by atoms with Crippen LogP contribution >= 0.6 is 0 Å². The first kappa shape index (κ1) is 43.3. The van der Waals surface area contributed by atoms with Crippen LogP contribution in [0.15, 0.2) is 47.3 Å². The summed E-state index contributed by atoms with van der Waals surface area (Å²) in [6, 6.07) is 11.9. The molecule has 0 bridgehead atoms. The highest BCUT2D eigenvalue weighted by atomic mass is 16.6. The lowest BCUT2D eigenvalue weighted by Gasteiger charge is -2.27. The van der Waals surface area contributed by atoms with Crippen molar-refractivity contribution >= 4 is 34.8 Å². The smallest absolute Gasteiger partial charge is 0.407 e. The van der Waals surface area contributed by atoms with Crippen LogP contribution in [-0.2, 0) is 47.0 Å². The van der Waals surface area contributed by atoms with Gasteiger partial charge in [-0.3, -0.25) is 28.8 Å². The molecule has 1 aliphatic heterocycles. The molecular formula is C42H53N5O9. The Morgan fingerprint density at radius 3 is 2.30 bits per heavy atom. The van der Waals surface area contributed by atoms with Crippen molar-refractivity contribution in [2.75, 3.05) is 26.4 Å². The number of para-hydroxylation sites is 1. The van der Waals surface area contributed by atoms with Gasteiger partial charge in [-0.15, -0.1) is 0 Å². The number of nitrogens with two attached hydrogens (primary N) is 1. The SMILES string of the molecule is C[C@@H](OCc1ccc(C#CCOCCCCCOCC#Cc2cccc3c2n(C)c(=O)n3C2CCC(=O)NC2=O)cc1)[C@H](CCC(N)=O)NC(=O)OC(C)(C)C. The number of imidazole rings is 1. The Hall–Kier alpha value is -5.41. The van der Waals surface area contributed by atoms with Crippen molar-refractivity contribution in [1.29, 1.82) is 0 Å². The van der Waals surface area contributed by atoms with E-state index in [9.17, 15) is 24.0 Å². The molecule has 4 amide bonds. The summed E-state index contributed by atoms with van der Waals surface area (Å²) in [7, 11) is 1.65. The standard InChI is InChI=1S/C42H53N5O9/c1-29(33(20-22-36(43)48)44-40(51)56-42(2,3)4)55-28-31-18-16-30(17-19-31)12-10-26-53-24-7-6-8-25-54-27-11-14-32-13-9-15-34-38(32)46(5)41(52)47(34)35-21-23-37(49)45-39(35)50/h9,13,15-19,29,33,35H,6-8,20-28H2,1-5H3,(H2,43,48)(H,44,51)(H,45,49,50)/t29-,33+,35?/m1/s1. The van der Waals surface area contributed by atoms with Gasteiger partial charge in [0.15, 0.2) is 0 Å². The second kappa shape index (κ2) is 21.0. The molecular weight excluding hydrogens is 718 g/mol. The van der Waals surface area contributed by atoms with Gasteiger partial charge in [-0.1, -0.05) is 41.9 Å². The van der Waals surface area contributed by atoms with E-state index >= 15 is 0 Å². The van der Waals surface area contributed by atoms with Crippen LogP contribution in [0.2, 0.25) is 0 Å². The highest BCUT2D eigenvalue weighted by Crippen LogP contribution is 2.24. The third-order valence-corrected chi connectivity index (χ3v) is 8.94. The number of carbonyl (C=O) groups is 4. The Balaban J connectivity index is 1.11. The van der Waals surface area contributed by atoms with Gasteiger partial charge in [0.25, 0.3) is 0 Å². The zero-order valence-corrected chi connectivity index (χ0v) is 32.9. The summed E-state index contributed by atoms with van der Waals surface area (Å²) >= 11 is 0. The molecule has 1 fully saturated rings. The number of rotatable bonds is 17. The highest BCUT2D eigenvalue weighted by Gasteiger charge is 2.31. The zero-order valence-electron chi connectivity index (χ0n) is 32.9. The average Bonchev–Trinajstić information content (AvgIpc) is 3.39. The quantitative estimate of drug-likeness (QED) is 0.104. The number of imide groups is 1. The monoisotopic (exact) mass is 771 g/mol. The number of hydrogen-bond acceptors (Lipinski definition) is 9. The summed E-state index contributed by atoms with van der Waals surface area (Å²) in [4.78, 5) is 60.8. The number of aryl methyl sites for hydroxylation is 1. The largest absolute Gasteiger partial charge is 0.444 e. The third kappa shape index (κ3) is 13.4. The molecule has 0 aliphatic carbocycles. The number of fused-ring (bicyclic) bond motifs is 1. The molecule has 0 saturated carbocycles. The van der Waals surface area contributed by atoms with Gasteiger partial charge in [0, 0.05) is 38.7 Å². The first-order valence-electron chi connectivity index (χ1n) is 18.9. The number of hydrogen-bond donors (Lipinski definition) is 3. The molecule has 14 nitrogen and oxygen atoms in total. The van der Waals surface area contributed by atoms with E-state index in [2.05, 4.69) is 34.3 Å². The van der Waals surface area contributed by atoms with Crippen molar-refractivity contribution in [2.45, 2.75) is 103 Å². The van der Waals surface area contributed by atoms with Gasteiger partial charge in [-0.05, 0) is 89.6 Å². The summed E-state index contributed by atoms with van der Waals surface area (Å²) in [6.45, 7) is 9.19. The number of primary amides is 1. The third-order valence-electron chi connectivity index (χ3n) is 8.94. The topological polar surface area (TPSA) is 182 Å². The van der Waals surface area contributed by atoms with Crippen LogP contribution in [0.1, 0.15) is 95.4 Å². The van der Waals surface area contributed by atoms with Crippen LogP contribution in [0.25, 0.3) is 11.0 Å². The number of unbranched alkanes of at least 4 members (excludes halogenated alkanes) is 2. The molecule has 4 rings (SSSR count). The van der Waals surface area contributed by atoms with Crippen molar-refractivity contribution < 1.29 is 38.1 Å². The molecule has 2 heterocycles. The summed E-state index contributed by atoms with van der Waals surface area (Å²) in [5.74, 6) is 11.0. The lowest BCUT2D eigenvalue weighted by atomic mass is 10.1. The highest BCUT2D eigenvalue weighted by molar-refractivity contribution is 6.00. The van der Waals surface area contributed by atoms with Gasteiger partial charge >= 0.3 is 11.8 Å². The molecule has 14 heteroatoms. The van der Waals surface area contributed by atoms with Crippen LogP contribution < -0.4 is 22.1 Å². The second-order valence-corrected chi connectivity index (χ2v) is 14.6. The van der Waals surface area contributed by atoms with E-state index in [1.165, 1.54) is 9.13 Å². The number of amides is 4. The van der Waals surface area contributed by atoms with E-state index in [-0.39, 0.29) is 37.5 Å². The van der Waals surface area contributed by atoms with E-state index in [0.717, 1.165) is 30.4 Å². The van der Waals surface area contributed by atoms with Crippen LogP contribution in [0.5, 0.6) is 0 Å². The number of benzene rings is 2. The maximum atomic E-state index is 13.1. The first-order valence-corrected chi connectivity index (χ1v) is 18.9. The number of nitrogens with one attached hydrogen (secondary N) is 2. The van der Waals surface area contributed by atoms with E-state index in [0.29, 0.717) is 49.4 Å². The molecule has 300 valence electrons. The fourth-order valence-electron chi connectivity index (χ4n) is 6.08. The number of aromatic nitrogens is 2. The number of ether oxygens (including phenoxy) is 4. The molecule has 3 aromatic rings. The number of carbonyl (C=O) groups excluding carboxylic acids is 4. The molecule has 4 N–H and O–H groups in total. The maximum absolute atomic E-state index is 13.1. The normalized spacial score (nSPS) is 15.2. The van der Waals surface area contributed by atoms with Crippen molar-refractivity contribution in [3.05, 3.63) is 69.6 Å². The van der Waals surface area contributed by atoms with Crippen molar-refractivity contribution in [2.24, 2.45) is 12.8 Å². The molecule has 1 aliphatic rings. The number of alkyl carbamates (subject to hydrolysis) is 1. The number of nitrogens with zero attached hydrogens (tertiary/aromatic N) is 2. The van der Waals surface area contributed by atoms with E-state index in [4.69, 9.17) is 24.7 Å². The molecule has 1 aromatic heterocycles. The van der Waals surface area contributed by atoms with E-state index in [1.54, 1.807) is 40.0 Å². The van der Waals surface area contributed by atoms with Crippen molar-refractivity contribution in [3.63, 3.8) is 0 Å². The molecule has 2 aromatic carbocycles. The Bertz CT molecular complexity index is 2020. The van der Waals surface area contributed by atoms with Gasteiger partial charge in [0.2, 0.25) is 17.7 Å². The fraction of sp³-hybridized carbons (Fsp3) is 0.500. The Morgan fingerprint density at radius 1 is 0.982 bits per heavy atom. The second-order valence-electron chi connectivity index (χ2n) is 14.6. The molecule has 0 spiro atoms. The van der Waals surface area contributed by atoms with Gasteiger partial charge in [-0.2, -0.15) is 0 Å². The van der Waals surface area contributed by atoms with Gasteiger partial charge in [0.1, 0.15) is 24.9 Å². The fourth-order valence-corrected chi connectivity index (χ4v) is 6.08. The predicted molar refractivity (Wildman–Crippen MR) is 210 cm³/mol. The minimum Gasteiger partial charge on any atom is -0.444 e. The van der Waals surface area contributed by atoms with Crippen LogP contribution in [0.3, 0.4) is 0 Å². The zero-order chi connectivity index (χ0) is 40.7. The van der Waals surface area contributed by atoms with Crippen molar-refractivity contribution in [1.82, 2.24) is 19.8 Å². The summed E-state index contributed by atoms with van der Waals surface area (Å²) in [6.07, 6.45) is 2.59. The van der Waals surface area contributed by atoms with Crippen LogP contribution in [0, 0.1) is 23.7 Å². The first-order chi connectivity index (χ1) is 26.7. The summed E-state index contributed by atoms with van der Waals surface area (Å²) in [5, 5.41) is 5.12. The van der Waals surface area contributed by atoms with Crippen molar-refractivity contribution in [3.8, 4) is 23.7 Å². The summed E-state index contributed by atoms with van der Waals surface area (Å²) in [5.41, 5.74) is 8.01. The predicted octanol–water partition coefficient (Wildman–Crippen LogP) is 3.99. The Kier molecular flexibility index (Phi) is 16.3. The molecule has 1 saturated heterocycles. The maximum Gasteiger partial charge on any atom is 0.407 e. The molecule has 1 unspecified atom stereocenters. The van der Waals surface area contributed by atoms with Gasteiger partial charge in [0.05, 0.1) is 35.3 Å². The molecule has 56 heavy (non-hydrogen) atoms. The minimum atomic E-state index is -0.747. The average molecular weight is 772 g/mol. The lowest BCUT2D eigenvalue weighted by Crippen LogP contribution is -2.45. The summed E-state index contributed by atoms with van der Waals surface area (Å²) < 4.78 is 25.7. The Morgan fingerprint density at radius 2 is 1.66 bits per heavy atom. The lowest BCUT2D eigenvalue weighted by molar-refractivity contribution is -0.135. The van der Waals surface area contributed by atoms with Gasteiger partial charge in [-0.25, -0.2) is 9.59 Å². The minimum absolute atomic E-state index is 0.110. The van der Waals surface area contributed by atoms with Crippen LogP contribution in [0.4, 0.5) is 4.79 Å². The van der Waals surface area contributed by atoms with E-state index < -0.39 is 41.7 Å². The Labute approximate surface area is 327 Å². The van der Waals surface area contributed by atoms with Gasteiger partial charge < -0.3 is 30.0 Å². The number of piperidine rings is 1. The molecule has 3 atom stereocenters. The van der Waals surface area contributed by atoms with E-state index in [1.807, 2.05) is 37.3 Å².